The van der Waals surface area contributed by atoms with Crippen molar-refractivity contribution in [3.05, 3.63) is 47.1 Å². The molecule has 0 aliphatic rings. The van der Waals surface area contributed by atoms with E-state index in [4.69, 9.17) is 0 Å². The van der Waals surface area contributed by atoms with Crippen LogP contribution in [0.4, 0.5) is 0 Å². The molecular formula is C10H20Zn2. The standard InChI is InChI=1S/2C4H7.2CH3.2Zn/c2*1-3-4-2;;;;/h1,4H2,2H3;3H,1-2,4H2;2*1H3;;/q4*-1;2*+2. The van der Waals surface area contributed by atoms with E-state index in [1.54, 1.807) is 6.08 Å². The molecule has 0 bridgehead atoms. The second-order valence-electron chi connectivity index (χ2n) is 1.18. The molecule has 0 aromatic carbocycles. The molecular weight excluding hydrogens is 251 g/mol. The monoisotopic (exact) mass is 268 g/mol. The van der Waals surface area contributed by atoms with E-state index in [-0.39, 0.29) is 53.8 Å². The molecule has 0 unspecified atom stereocenters. The predicted octanol–water partition coefficient (Wildman–Crippen LogP) is 3.68. The van der Waals surface area contributed by atoms with Gasteiger partial charge in [0.05, 0.1) is 0 Å². The fourth-order valence-electron chi connectivity index (χ4n) is 0. The first-order chi connectivity index (χ1) is 3.83. The number of rotatable bonds is 2. The van der Waals surface area contributed by atoms with Crippen LogP contribution in [0.3, 0.4) is 0 Å². The zero-order chi connectivity index (χ0) is 6.83. The molecule has 0 N–H and O–H groups in total. The Morgan fingerprint density at radius 3 is 1.50 bits per heavy atom. The Hall–Kier alpha value is 0.727. The quantitative estimate of drug-likeness (QED) is 0.408. The van der Waals surface area contributed by atoms with Crippen molar-refractivity contribution in [2.45, 2.75) is 19.8 Å². The van der Waals surface area contributed by atoms with Crippen molar-refractivity contribution in [3.63, 3.8) is 0 Å². The van der Waals surface area contributed by atoms with E-state index in [2.05, 4.69) is 26.2 Å². The van der Waals surface area contributed by atoms with E-state index in [9.17, 15) is 0 Å². The fourth-order valence-corrected chi connectivity index (χ4v) is 0. The van der Waals surface area contributed by atoms with Gasteiger partial charge in [-0.3, -0.25) is 6.58 Å². The molecule has 0 amide bonds. The molecule has 0 nitrogen and oxygen atoms in total. The predicted molar refractivity (Wildman–Crippen MR) is 52.2 cm³/mol. The summed E-state index contributed by atoms with van der Waals surface area (Å²) in [6.45, 7) is 12.3. The van der Waals surface area contributed by atoms with E-state index in [0.29, 0.717) is 0 Å². The van der Waals surface area contributed by atoms with Gasteiger partial charge in [0, 0.05) is 0 Å². The Balaban J connectivity index is -0.0000000112. The van der Waals surface area contributed by atoms with E-state index in [0.717, 1.165) is 12.8 Å². The molecule has 0 aliphatic carbocycles. The summed E-state index contributed by atoms with van der Waals surface area (Å²) in [7, 11) is 0. The maximum atomic E-state index is 3.49. The minimum atomic E-state index is 0. The third kappa shape index (κ3) is 136. The summed E-state index contributed by atoms with van der Waals surface area (Å²) in [6, 6.07) is 0. The first-order valence-corrected chi connectivity index (χ1v) is 2.73. The van der Waals surface area contributed by atoms with Crippen molar-refractivity contribution in [1.29, 1.82) is 0 Å². The molecule has 0 saturated heterocycles. The Bertz CT molecular complexity index is 43.8. The van der Waals surface area contributed by atoms with Crippen molar-refractivity contribution in [3.8, 4) is 0 Å². The van der Waals surface area contributed by atoms with Gasteiger partial charge in [0.1, 0.15) is 0 Å². The van der Waals surface area contributed by atoms with Gasteiger partial charge in [0.25, 0.3) is 0 Å². The van der Waals surface area contributed by atoms with Crippen LogP contribution in [-0.4, -0.2) is 0 Å². The molecule has 0 rings (SSSR count). The minimum absolute atomic E-state index is 0. The third-order valence-electron chi connectivity index (χ3n) is 0.454. The number of hydrogen-bond donors (Lipinski definition) is 0. The van der Waals surface area contributed by atoms with Crippen LogP contribution in [0.5, 0.6) is 0 Å². The minimum Gasteiger partial charge on any atom is -0.504 e. The molecule has 0 saturated carbocycles. The zero-order valence-electron chi connectivity index (χ0n) is 9.03. The molecule has 0 aromatic rings. The molecule has 0 aliphatic heterocycles. The molecule has 0 atom stereocenters. The molecule has 0 radical (unpaired) electrons. The van der Waals surface area contributed by atoms with Crippen LogP contribution in [0.2, 0.25) is 0 Å². The fraction of sp³-hybridized carbons (Fsp3) is 0.300. The maximum Gasteiger partial charge on any atom is 2.00 e. The van der Waals surface area contributed by atoms with Crippen molar-refractivity contribution >= 4 is 0 Å². The number of allylic oxidation sites excluding steroid dienone is 2. The normalized spacial score (nSPS) is 4.17. The molecule has 64 valence electrons. The van der Waals surface area contributed by atoms with Crippen LogP contribution in [0.15, 0.2) is 19.2 Å². The molecule has 2 heteroatoms. The van der Waals surface area contributed by atoms with Gasteiger partial charge < -0.3 is 27.9 Å². The smallest absolute Gasteiger partial charge is 0.504 e. The van der Waals surface area contributed by atoms with Gasteiger partial charge in [0.15, 0.2) is 0 Å². The summed E-state index contributed by atoms with van der Waals surface area (Å²) >= 11 is 0. The average Bonchev–Trinajstić information content (AvgIpc) is 1.88. The summed E-state index contributed by atoms with van der Waals surface area (Å²) in [4.78, 5) is 0. The Kier molecular flexibility index (Phi) is 195. The van der Waals surface area contributed by atoms with Crippen molar-refractivity contribution in [2.75, 3.05) is 0 Å². The Labute approximate surface area is 105 Å². The van der Waals surface area contributed by atoms with E-state index in [1.807, 2.05) is 6.92 Å². The number of hydrogen-bond acceptors (Lipinski definition) is 0. The van der Waals surface area contributed by atoms with Crippen LogP contribution in [-0.2, 0) is 39.0 Å². The summed E-state index contributed by atoms with van der Waals surface area (Å²) in [6.07, 6.45) is 6.24. The zero-order valence-corrected chi connectivity index (χ0v) is 15.0. The van der Waals surface area contributed by atoms with Gasteiger partial charge in [-0.1, -0.05) is 6.92 Å². The largest absolute Gasteiger partial charge is 2.00 e. The topological polar surface area (TPSA) is 0 Å². The van der Waals surface area contributed by atoms with Crippen molar-refractivity contribution < 1.29 is 39.0 Å². The summed E-state index contributed by atoms with van der Waals surface area (Å²) in [5.74, 6) is 0. The van der Waals surface area contributed by atoms with Crippen LogP contribution in [0, 0.1) is 27.9 Å². The van der Waals surface area contributed by atoms with Crippen molar-refractivity contribution in [1.82, 2.24) is 0 Å². The van der Waals surface area contributed by atoms with E-state index in [1.165, 1.54) is 0 Å². The Morgan fingerprint density at radius 1 is 1.33 bits per heavy atom. The maximum absolute atomic E-state index is 3.49. The SMILES string of the molecule is C=CC[CH2-].C=[C-]CC.[CH3-].[CH3-].[Zn+2].[Zn+2]. The van der Waals surface area contributed by atoms with Gasteiger partial charge in [0.2, 0.25) is 0 Å². The second-order valence-corrected chi connectivity index (χ2v) is 1.18. The Morgan fingerprint density at radius 2 is 1.50 bits per heavy atom. The average molecular weight is 271 g/mol. The second kappa shape index (κ2) is 60.4. The first-order valence-electron chi connectivity index (χ1n) is 2.73. The summed E-state index contributed by atoms with van der Waals surface area (Å²) < 4.78 is 0. The van der Waals surface area contributed by atoms with Gasteiger partial charge in [-0.25, -0.2) is 0 Å². The van der Waals surface area contributed by atoms with Crippen LogP contribution < -0.4 is 0 Å². The van der Waals surface area contributed by atoms with E-state index >= 15 is 0 Å². The summed E-state index contributed by atoms with van der Waals surface area (Å²) in [5.41, 5.74) is 0. The van der Waals surface area contributed by atoms with Gasteiger partial charge in [-0.05, 0) is 0 Å². The van der Waals surface area contributed by atoms with E-state index < -0.39 is 0 Å². The van der Waals surface area contributed by atoms with Crippen LogP contribution >= 0.6 is 0 Å². The third-order valence-corrected chi connectivity index (χ3v) is 0.454. The molecule has 0 spiro atoms. The molecule has 0 fully saturated rings. The van der Waals surface area contributed by atoms with Crippen LogP contribution in [0.1, 0.15) is 19.8 Å². The van der Waals surface area contributed by atoms with Crippen LogP contribution in [0.25, 0.3) is 0 Å². The molecule has 0 heterocycles. The van der Waals surface area contributed by atoms with Gasteiger partial charge in [-0.15, -0.1) is 12.7 Å². The molecule has 0 aromatic heterocycles. The first kappa shape index (κ1) is 38.7. The van der Waals surface area contributed by atoms with Crippen molar-refractivity contribution in [2.24, 2.45) is 0 Å². The van der Waals surface area contributed by atoms with Gasteiger partial charge >= 0.3 is 39.0 Å². The summed E-state index contributed by atoms with van der Waals surface area (Å²) in [5, 5.41) is 0. The molecule has 12 heavy (non-hydrogen) atoms. The van der Waals surface area contributed by atoms with Gasteiger partial charge in [-0.2, -0.15) is 12.8 Å².